The zero-order valence-corrected chi connectivity index (χ0v) is 11.6. The minimum absolute atomic E-state index is 0.0871. The first-order valence-corrected chi connectivity index (χ1v) is 6.91. The van der Waals surface area contributed by atoms with Crippen LogP contribution < -0.4 is 5.73 Å². The van der Waals surface area contributed by atoms with Gasteiger partial charge in [-0.1, -0.05) is 30.3 Å². The Morgan fingerprint density at radius 3 is 2.65 bits per heavy atom. The lowest BCUT2D eigenvalue weighted by Gasteiger charge is -2.36. The molecule has 0 saturated carbocycles. The highest BCUT2D eigenvalue weighted by atomic mass is 19.3. The van der Waals surface area contributed by atoms with Gasteiger partial charge < -0.3 is 10.6 Å². The van der Waals surface area contributed by atoms with E-state index in [0.29, 0.717) is 13.1 Å². The van der Waals surface area contributed by atoms with E-state index in [0.717, 1.165) is 12.8 Å². The average Bonchev–Trinajstić information content (AvgIpc) is 2.47. The van der Waals surface area contributed by atoms with Crippen molar-refractivity contribution in [1.82, 2.24) is 4.90 Å². The number of rotatable bonds is 3. The number of halogens is 2. The van der Waals surface area contributed by atoms with Crippen LogP contribution in [-0.4, -0.2) is 29.9 Å². The summed E-state index contributed by atoms with van der Waals surface area (Å²) in [4.78, 5) is 13.4. The lowest BCUT2D eigenvalue weighted by atomic mass is 9.91. The van der Waals surface area contributed by atoms with E-state index in [9.17, 15) is 13.6 Å². The van der Waals surface area contributed by atoms with E-state index in [-0.39, 0.29) is 17.5 Å². The maximum atomic E-state index is 14.2. The standard InChI is InChI=1S/C15H20F2N2O/c1-11(18)12-6-5-9-19(10-12)14(20)15(16,17)13-7-3-2-4-8-13/h2-4,7-8,11-12H,5-6,9-10,18H2,1H3. The van der Waals surface area contributed by atoms with Crippen LogP contribution in [0, 0.1) is 5.92 Å². The Labute approximate surface area is 117 Å². The summed E-state index contributed by atoms with van der Waals surface area (Å²) in [5.41, 5.74) is 5.57. The van der Waals surface area contributed by atoms with Crippen molar-refractivity contribution in [1.29, 1.82) is 0 Å². The molecule has 2 atom stereocenters. The summed E-state index contributed by atoms with van der Waals surface area (Å²) in [6.07, 6.45) is 1.61. The van der Waals surface area contributed by atoms with Gasteiger partial charge in [0.25, 0.3) is 5.91 Å². The van der Waals surface area contributed by atoms with Crippen molar-refractivity contribution in [3.63, 3.8) is 0 Å². The van der Waals surface area contributed by atoms with Crippen LogP contribution in [0.3, 0.4) is 0 Å². The number of hydrogen-bond acceptors (Lipinski definition) is 2. The number of likely N-dealkylation sites (tertiary alicyclic amines) is 1. The number of nitrogens with two attached hydrogens (primary N) is 1. The summed E-state index contributed by atoms with van der Waals surface area (Å²) >= 11 is 0. The highest BCUT2D eigenvalue weighted by molar-refractivity contribution is 5.85. The zero-order valence-electron chi connectivity index (χ0n) is 11.6. The molecule has 1 amide bonds. The molecule has 5 heteroatoms. The number of carbonyl (C=O) groups is 1. The minimum atomic E-state index is -3.47. The quantitative estimate of drug-likeness (QED) is 0.925. The van der Waals surface area contributed by atoms with Gasteiger partial charge in [-0.25, -0.2) is 0 Å². The molecule has 1 aliphatic heterocycles. The Kier molecular flexibility index (Phi) is 4.38. The maximum absolute atomic E-state index is 14.2. The van der Waals surface area contributed by atoms with Crippen LogP contribution in [0.15, 0.2) is 30.3 Å². The fourth-order valence-electron chi connectivity index (χ4n) is 2.59. The van der Waals surface area contributed by atoms with Crippen molar-refractivity contribution in [3.05, 3.63) is 35.9 Å². The number of carbonyl (C=O) groups excluding carboxylic acids is 1. The number of amides is 1. The molecular formula is C15H20F2N2O. The summed E-state index contributed by atoms with van der Waals surface area (Å²) in [5.74, 6) is -4.49. The molecule has 2 rings (SSSR count). The molecular weight excluding hydrogens is 262 g/mol. The SMILES string of the molecule is CC(N)C1CCCN(C(=O)C(F)(F)c2ccccc2)C1. The van der Waals surface area contributed by atoms with Crippen molar-refractivity contribution >= 4 is 5.91 Å². The van der Waals surface area contributed by atoms with Gasteiger partial charge in [0, 0.05) is 24.7 Å². The van der Waals surface area contributed by atoms with Crippen molar-refractivity contribution in [3.8, 4) is 0 Å². The van der Waals surface area contributed by atoms with Crippen molar-refractivity contribution < 1.29 is 13.6 Å². The van der Waals surface area contributed by atoms with Crippen molar-refractivity contribution in [2.45, 2.75) is 31.7 Å². The van der Waals surface area contributed by atoms with E-state index in [2.05, 4.69) is 0 Å². The lowest BCUT2D eigenvalue weighted by Crippen LogP contribution is -2.49. The van der Waals surface area contributed by atoms with Crippen molar-refractivity contribution in [2.75, 3.05) is 13.1 Å². The first-order valence-electron chi connectivity index (χ1n) is 6.91. The minimum Gasteiger partial charge on any atom is -0.337 e. The molecule has 3 nitrogen and oxygen atoms in total. The van der Waals surface area contributed by atoms with Crippen LogP contribution in [0.25, 0.3) is 0 Å². The van der Waals surface area contributed by atoms with Gasteiger partial charge in [0.2, 0.25) is 0 Å². The summed E-state index contributed by atoms with van der Waals surface area (Å²) < 4.78 is 28.5. The number of nitrogens with zero attached hydrogens (tertiary/aromatic N) is 1. The smallest absolute Gasteiger partial charge is 0.337 e. The normalized spacial score (nSPS) is 21.6. The first kappa shape index (κ1) is 14.9. The van der Waals surface area contributed by atoms with Gasteiger partial charge in [-0.15, -0.1) is 0 Å². The molecule has 0 aromatic heterocycles. The van der Waals surface area contributed by atoms with Gasteiger partial charge >= 0.3 is 5.92 Å². The number of alkyl halides is 2. The van der Waals surface area contributed by atoms with E-state index in [1.54, 1.807) is 6.07 Å². The van der Waals surface area contributed by atoms with E-state index in [1.165, 1.54) is 29.2 Å². The molecule has 1 heterocycles. The predicted molar refractivity (Wildman–Crippen MR) is 73.3 cm³/mol. The van der Waals surface area contributed by atoms with Crippen LogP contribution in [0.2, 0.25) is 0 Å². The fourth-order valence-corrected chi connectivity index (χ4v) is 2.59. The summed E-state index contributed by atoms with van der Waals surface area (Å²) in [7, 11) is 0. The molecule has 1 saturated heterocycles. The molecule has 2 N–H and O–H groups in total. The second-order valence-corrected chi connectivity index (χ2v) is 5.45. The molecule has 0 radical (unpaired) electrons. The molecule has 1 fully saturated rings. The molecule has 0 aliphatic carbocycles. The van der Waals surface area contributed by atoms with Gasteiger partial charge in [0.1, 0.15) is 0 Å². The molecule has 1 aromatic rings. The highest BCUT2D eigenvalue weighted by Gasteiger charge is 2.44. The van der Waals surface area contributed by atoms with Crippen LogP contribution >= 0.6 is 0 Å². The Morgan fingerprint density at radius 2 is 2.05 bits per heavy atom. The Balaban J connectivity index is 2.14. The third-order valence-electron chi connectivity index (χ3n) is 3.89. The summed E-state index contributed by atoms with van der Waals surface area (Å²) in [6, 6.07) is 7.15. The van der Waals surface area contributed by atoms with Crippen LogP contribution in [0.4, 0.5) is 8.78 Å². The van der Waals surface area contributed by atoms with E-state index >= 15 is 0 Å². The Hall–Kier alpha value is -1.49. The third-order valence-corrected chi connectivity index (χ3v) is 3.89. The van der Waals surface area contributed by atoms with Gasteiger partial charge in [0.15, 0.2) is 0 Å². The molecule has 0 spiro atoms. The van der Waals surface area contributed by atoms with Gasteiger partial charge in [0.05, 0.1) is 0 Å². The van der Waals surface area contributed by atoms with Gasteiger partial charge in [-0.2, -0.15) is 8.78 Å². The van der Waals surface area contributed by atoms with E-state index in [4.69, 9.17) is 5.73 Å². The highest BCUT2D eigenvalue weighted by Crippen LogP contribution is 2.32. The molecule has 2 unspecified atom stereocenters. The summed E-state index contributed by atoms with van der Waals surface area (Å²) in [5, 5.41) is 0. The van der Waals surface area contributed by atoms with Crippen LogP contribution in [-0.2, 0) is 10.7 Å². The lowest BCUT2D eigenvalue weighted by molar-refractivity contribution is -0.161. The molecule has 0 bridgehead atoms. The van der Waals surface area contributed by atoms with Gasteiger partial charge in [-0.05, 0) is 25.7 Å². The molecule has 1 aliphatic rings. The van der Waals surface area contributed by atoms with Crippen LogP contribution in [0.5, 0.6) is 0 Å². The molecule has 1 aromatic carbocycles. The Bertz CT molecular complexity index is 462. The molecule has 110 valence electrons. The summed E-state index contributed by atoms with van der Waals surface area (Å²) in [6.45, 7) is 2.55. The number of hydrogen-bond donors (Lipinski definition) is 1. The third kappa shape index (κ3) is 2.98. The Morgan fingerprint density at radius 1 is 1.40 bits per heavy atom. The second kappa shape index (κ2) is 5.87. The van der Waals surface area contributed by atoms with Crippen molar-refractivity contribution in [2.24, 2.45) is 11.7 Å². The average molecular weight is 282 g/mol. The number of benzene rings is 1. The maximum Gasteiger partial charge on any atom is 0.349 e. The van der Waals surface area contributed by atoms with E-state index < -0.39 is 11.8 Å². The zero-order chi connectivity index (χ0) is 14.8. The first-order chi connectivity index (χ1) is 9.43. The monoisotopic (exact) mass is 282 g/mol. The second-order valence-electron chi connectivity index (χ2n) is 5.45. The van der Waals surface area contributed by atoms with Crippen LogP contribution in [0.1, 0.15) is 25.3 Å². The van der Waals surface area contributed by atoms with Gasteiger partial charge in [-0.3, -0.25) is 4.79 Å². The predicted octanol–water partition coefficient (Wildman–Crippen LogP) is 2.36. The van der Waals surface area contributed by atoms with E-state index in [1.807, 2.05) is 6.92 Å². The number of piperidine rings is 1. The topological polar surface area (TPSA) is 46.3 Å². The molecule has 20 heavy (non-hydrogen) atoms. The largest absolute Gasteiger partial charge is 0.349 e. The fraction of sp³-hybridized carbons (Fsp3) is 0.533.